The maximum Gasteiger partial charge on any atom is 1.00 e. The van der Waals surface area contributed by atoms with E-state index in [1.54, 1.807) is 0 Å². The largest absolute Gasteiger partial charge is 1.00 e. The van der Waals surface area contributed by atoms with Crippen LogP contribution in [0.15, 0.2) is 18.3 Å². The minimum absolute atomic E-state index is 0. The maximum atomic E-state index is 12.0. The van der Waals surface area contributed by atoms with Gasteiger partial charge in [-0.15, -0.1) is 0 Å². The monoisotopic (exact) mass is 230 g/mol. The molecule has 0 amide bonds. The Morgan fingerprint density at radius 3 is 2.21 bits per heavy atom. The van der Waals surface area contributed by atoms with Gasteiger partial charge in [-0.2, -0.15) is 0 Å². The van der Waals surface area contributed by atoms with Crippen molar-refractivity contribution in [3.05, 3.63) is 28.4 Å². The van der Waals surface area contributed by atoms with Crippen LogP contribution in [0.4, 0.5) is 18.8 Å². The van der Waals surface area contributed by atoms with Crippen molar-refractivity contribution in [3.8, 4) is 0 Å². The van der Waals surface area contributed by atoms with Gasteiger partial charge in [0.15, 0.2) is 0 Å². The molecule has 70 valence electrons. The second-order valence-electron chi connectivity index (χ2n) is 2.28. The first-order valence-corrected chi connectivity index (χ1v) is 3.21. The second kappa shape index (κ2) is 5.22. The molecule has 0 N–H and O–H groups in total. The van der Waals surface area contributed by atoms with E-state index in [0.29, 0.717) is 12.3 Å². The van der Waals surface area contributed by atoms with Crippen LogP contribution >= 0.6 is 0 Å². The fourth-order valence-corrected chi connectivity index (χ4v) is 0.699. The molecule has 0 aliphatic rings. The Labute approximate surface area is 120 Å². The number of rotatable bonds is 2. The molecule has 0 aliphatic heterocycles. The molecule has 9 heteroatoms. The van der Waals surface area contributed by atoms with Gasteiger partial charge in [-0.3, -0.25) is 0 Å². The first-order chi connectivity index (χ1) is 5.91. The summed E-state index contributed by atoms with van der Waals surface area (Å²) in [6.07, 6.45) is 0.456. The molecule has 0 spiro atoms. The zero-order valence-corrected chi connectivity index (χ0v) is 10.3. The third kappa shape index (κ3) is 3.65. The molecule has 0 aliphatic carbocycles. The van der Waals surface area contributed by atoms with Gasteiger partial charge in [0.05, 0.1) is 0 Å². The van der Waals surface area contributed by atoms with E-state index in [2.05, 4.69) is 4.98 Å². The average molecular weight is 230 g/mol. The molecule has 0 saturated carbocycles. The van der Waals surface area contributed by atoms with E-state index in [4.69, 9.17) is 0 Å². The van der Waals surface area contributed by atoms with Crippen LogP contribution in [-0.4, -0.2) is 16.9 Å². The zero-order valence-electron chi connectivity index (χ0n) is 7.15. The van der Waals surface area contributed by atoms with Crippen LogP contribution in [0.3, 0.4) is 0 Å². The number of nitro groups is 1. The van der Waals surface area contributed by atoms with E-state index in [9.17, 15) is 23.1 Å². The van der Waals surface area contributed by atoms with Crippen LogP contribution in [-0.2, 0) is 0 Å². The molecule has 1 rings (SSSR count). The maximum absolute atomic E-state index is 12.0. The van der Waals surface area contributed by atoms with Gasteiger partial charge in [0, 0.05) is 6.07 Å². The number of aromatic nitrogens is 1. The predicted octanol–water partition coefficient (Wildman–Crippen LogP) is -1.95. The van der Waals surface area contributed by atoms with Gasteiger partial charge in [0.2, 0.25) is 0 Å². The van der Waals surface area contributed by atoms with Gasteiger partial charge in [-0.25, -0.2) is 0 Å². The number of hydrogen-bond donors (Lipinski definition) is 0. The molecule has 0 radical (unpaired) electrons. The quantitative estimate of drug-likeness (QED) is 0.337. The fraction of sp³-hybridized carbons (Fsp3) is 0. The van der Waals surface area contributed by atoms with Crippen molar-refractivity contribution < 1.29 is 69.3 Å². The van der Waals surface area contributed by atoms with Crippen LogP contribution in [0, 0.1) is 10.1 Å². The summed E-state index contributed by atoms with van der Waals surface area (Å²) >= 11 is 0. The van der Waals surface area contributed by atoms with E-state index >= 15 is 0 Å². The minimum Gasteiger partial charge on any atom is -0.445 e. The fourth-order valence-electron chi connectivity index (χ4n) is 0.699. The number of nitrogens with zero attached hydrogens (tertiary/aromatic N) is 2. The molecule has 4 nitrogen and oxygen atoms in total. The van der Waals surface area contributed by atoms with Crippen LogP contribution in [0.25, 0.3) is 0 Å². The van der Waals surface area contributed by atoms with E-state index in [0.717, 1.165) is 6.07 Å². The standard InChI is InChI=1S/C5H3BF3N2O2.K/c7-6(8,9)4-1-2-5(10-3-4)11(12)13;/h1-3H;/q-1;+1. The second-order valence-corrected chi connectivity index (χ2v) is 2.28. The summed E-state index contributed by atoms with van der Waals surface area (Å²) in [5.41, 5.74) is -0.939. The Balaban J connectivity index is 0.00000169. The van der Waals surface area contributed by atoms with Gasteiger partial charge in [-0.05, 0) is 9.91 Å². The Kier molecular flexibility index (Phi) is 5.23. The van der Waals surface area contributed by atoms with Crippen molar-refractivity contribution in [2.75, 3.05) is 0 Å². The van der Waals surface area contributed by atoms with Crippen molar-refractivity contribution in [1.82, 2.24) is 4.98 Å². The Hall–Kier alpha value is 0.0413. The SMILES string of the molecule is O=[N+]([O-])c1ccc([B-](F)(F)F)cn1.[K+]. The predicted molar refractivity (Wildman–Crippen MR) is 39.6 cm³/mol. The topological polar surface area (TPSA) is 56.0 Å². The average Bonchev–Trinajstić information content (AvgIpc) is 2.03. The molecule has 0 bridgehead atoms. The van der Waals surface area contributed by atoms with Crippen molar-refractivity contribution in [2.45, 2.75) is 0 Å². The third-order valence-electron chi connectivity index (χ3n) is 1.34. The molecule has 1 heterocycles. The van der Waals surface area contributed by atoms with E-state index in [1.165, 1.54) is 0 Å². The molecule has 0 fully saturated rings. The van der Waals surface area contributed by atoms with Gasteiger partial charge < -0.3 is 23.1 Å². The smallest absolute Gasteiger partial charge is 0.445 e. The minimum atomic E-state index is -5.13. The van der Waals surface area contributed by atoms with Crippen molar-refractivity contribution in [3.63, 3.8) is 0 Å². The Morgan fingerprint density at radius 2 is 1.93 bits per heavy atom. The normalized spacial score (nSPS) is 10.5. The van der Waals surface area contributed by atoms with Crippen LogP contribution < -0.4 is 56.8 Å². The molecule has 0 aromatic carbocycles. The van der Waals surface area contributed by atoms with Crippen LogP contribution in [0.2, 0.25) is 0 Å². The van der Waals surface area contributed by atoms with Gasteiger partial charge in [0.1, 0.15) is 6.20 Å². The molecule has 14 heavy (non-hydrogen) atoms. The molecular weight excluding hydrogens is 227 g/mol. The molecule has 0 saturated heterocycles. The summed E-state index contributed by atoms with van der Waals surface area (Å²) in [4.78, 5) is 12.2. The van der Waals surface area contributed by atoms with Crippen LogP contribution in [0.1, 0.15) is 0 Å². The summed E-state index contributed by atoms with van der Waals surface area (Å²) in [5.74, 6) is -0.594. The zero-order chi connectivity index (χ0) is 10.1. The summed E-state index contributed by atoms with van der Waals surface area (Å²) in [7, 11) is 0. The Morgan fingerprint density at radius 1 is 1.36 bits per heavy atom. The molecule has 0 atom stereocenters. The first-order valence-electron chi connectivity index (χ1n) is 3.21. The van der Waals surface area contributed by atoms with E-state index in [-0.39, 0.29) is 51.4 Å². The van der Waals surface area contributed by atoms with Gasteiger partial charge >= 0.3 is 64.2 Å². The Bertz CT molecular complexity index is 329. The van der Waals surface area contributed by atoms with E-state index in [1.807, 2.05) is 0 Å². The molecular formula is C5H3BF3KN2O2. The summed E-state index contributed by atoms with van der Waals surface area (Å²) < 4.78 is 35.9. The number of hydrogen-bond acceptors (Lipinski definition) is 3. The first kappa shape index (κ1) is 14.0. The molecule has 0 unspecified atom stereocenters. The van der Waals surface area contributed by atoms with Gasteiger partial charge in [0.25, 0.3) is 0 Å². The van der Waals surface area contributed by atoms with Crippen molar-refractivity contribution in [1.29, 1.82) is 0 Å². The summed E-state index contributed by atoms with van der Waals surface area (Å²) in [5, 5.41) is 10.0. The third-order valence-corrected chi connectivity index (χ3v) is 1.34. The summed E-state index contributed by atoms with van der Waals surface area (Å²) in [6.45, 7) is -5.13. The molecule has 1 aromatic rings. The van der Waals surface area contributed by atoms with Gasteiger partial charge in [-0.1, -0.05) is 11.5 Å². The number of pyridine rings is 1. The van der Waals surface area contributed by atoms with Crippen molar-refractivity contribution in [2.24, 2.45) is 0 Å². The van der Waals surface area contributed by atoms with E-state index < -0.39 is 23.2 Å². The number of halogens is 3. The molecule has 1 aromatic heterocycles. The summed E-state index contributed by atoms with van der Waals surface area (Å²) in [6, 6.07) is 1.37. The van der Waals surface area contributed by atoms with Crippen LogP contribution in [0.5, 0.6) is 0 Å². The van der Waals surface area contributed by atoms with Crippen molar-refractivity contribution >= 4 is 18.3 Å².